The fourth-order valence-electron chi connectivity index (χ4n) is 1.10. The van der Waals surface area contributed by atoms with Crippen molar-refractivity contribution >= 4 is 11.8 Å². The molecule has 68 valence electrons. The number of aliphatic hydroxyl groups is 1. The van der Waals surface area contributed by atoms with E-state index in [1.54, 1.807) is 11.8 Å². The summed E-state index contributed by atoms with van der Waals surface area (Å²) >= 11 is 1.72. The van der Waals surface area contributed by atoms with Gasteiger partial charge in [0.1, 0.15) is 11.5 Å². The number of hydrogen-bond acceptors (Lipinski definition) is 3. The predicted molar refractivity (Wildman–Crippen MR) is 51.7 cm³/mol. The van der Waals surface area contributed by atoms with Crippen LogP contribution >= 0.6 is 11.8 Å². The standard InChI is InChI=1S/C9H14O2S/c1-7-3-4-9(11-7)8(5-10)6-12-2/h3-4,8,10H,5-6H2,1-2H3. The summed E-state index contributed by atoms with van der Waals surface area (Å²) in [7, 11) is 0. The highest BCUT2D eigenvalue weighted by molar-refractivity contribution is 7.98. The Labute approximate surface area is 77.0 Å². The van der Waals surface area contributed by atoms with Crippen LogP contribution in [0.3, 0.4) is 0 Å². The number of rotatable bonds is 4. The quantitative estimate of drug-likeness (QED) is 0.781. The first-order valence-electron chi connectivity index (χ1n) is 3.94. The summed E-state index contributed by atoms with van der Waals surface area (Å²) in [6, 6.07) is 3.87. The molecule has 12 heavy (non-hydrogen) atoms. The first kappa shape index (κ1) is 9.68. The largest absolute Gasteiger partial charge is 0.466 e. The second-order valence-corrected chi connectivity index (χ2v) is 3.69. The molecule has 0 bridgehead atoms. The highest BCUT2D eigenvalue weighted by Crippen LogP contribution is 2.21. The van der Waals surface area contributed by atoms with Crippen molar-refractivity contribution in [3.8, 4) is 0 Å². The van der Waals surface area contributed by atoms with E-state index in [2.05, 4.69) is 0 Å². The molecule has 1 heterocycles. The monoisotopic (exact) mass is 186 g/mol. The minimum atomic E-state index is 0.147. The fourth-order valence-corrected chi connectivity index (χ4v) is 1.77. The van der Waals surface area contributed by atoms with E-state index in [4.69, 9.17) is 9.52 Å². The van der Waals surface area contributed by atoms with E-state index >= 15 is 0 Å². The molecule has 1 unspecified atom stereocenters. The molecule has 0 aliphatic rings. The molecule has 3 heteroatoms. The smallest absolute Gasteiger partial charge is 0.110 e. The Hall–Kier alpha value is -0.410. The zero-order valence-electron chi connectivity index (χ0n) is 7.41. The van der Waals surface area contributed by atoms with Crippen LogP contribution in [0.25, 0.3) is 0 Å². The van der Waals surface area contributed by atoms with Gasteiger partial charge in [0.25, 0.3) is 0 Å². The average molecular weight is 186 g/mol. The molecular formula is C9H14O2S. The summed E-state index contributed by atoms with van der Waals surface area (Å²) in [5.74, 6) is 2.85. The molecule has 1 N–H and O–H groups in total. The highest BCUT2D eigenvalue weighted by Gasteiger charge is 2.12. The van der Waals surface area contributed by atoms with Crippen molar-refractivity contribution in [2.75, 3.05) is 18.6 Å². The van der Waals surface area contributed by atoms with E-state index in [1.165, 1.54) is 0 Å². The number of aryl methyl sites for hydroxylation is 1. The molecule has 0 aliphatic heterocycles. The summed E-state index contributed by atoms with van der Waals surface area (Å²) in [6.45, 7) is 2.07. The lowest BCUT2D eigenvalue weighted by Gasteiger charge is -2.08. The molecule has 0 amide bonds. The Morgan fingerprint density at radius 1 is 1.58 bits per heavy atom. The van der Waals surface area contributed by atoms with Gasteiger partial charge in [0.15, 0.2) is 0 Å². The van der Waals surface area contributed by atoms with Gasteiger partial charge in [0.05, 0.1) is 6.61 Å². The fraction of sp³-hybridized carbons (Fsp3) is 0.556. The zero-order chi connectivity index (χ0) is 8.97. The maximum Gasteiger partial charge on any atom is 0.110 e. The van der Waals surface area contributed by atoms with Crippen molar-refractivity contribution in [3.05, 3.63) is 23.7 Å². The van der Waals surface area contributed by atoms with Gasteiger partial charge in [-0.2, -0.15) is 11.8 Å². The van der Waals surface area contributed by atoms with Crippen LogP contribution in [0.1, 0.15) is 17.4 Å². The molecule has 0 aliphatic carbocycles. The highest BCUT2D eigenvalue weighted by atomic mass is 32.2. The van der Waals surface area contributed by atoms with Crippen LogP contribution in [-0.4, -0.2) is 23.7 Å². The van der Waals surface area contributed by atoms with Crippen LogP contribution < -0.4 is 0 Å². The molecule has 0 spiro atoms. The SMILES string of the molecule is CSCC(CO)c1ccc(C)o1. The molecule has 0 saturated heterocycles. The van der Waals surface area contributed by atoms with Crippen molar-refractivity contribution in [2.24, 2.45) is 0 Å². The number of aliphatic hydroxyl groups excluding tert-OH is 1. The summed E-state index contributed by atoms with van der Waals surface area (Å²) in [6.07, 6.45) is 2.03. The Morgan fingerprint density at radius 3 is 2.75 bits per heavy atom. The summed E-state index contributed by atoms with van der Waals surface area (Å²) in [5, 5.41) is 9.05. The second kappa shape index (κ2) is 4.58. The molecule has 0 saturated carbocycles. The van der Waals surface area contributed by atoms with Gasteiger partial charge in [0.2, 0.25) is 0 Å². The maximum absolute atomic E-state index is 9.05. The Morgan fingerprint density at radius 2 is 2.33 bits per heavy atom. The summed E-state index contributed by atoms with van der Waals surface area (Å²) < 4.78 is 5.42. The third kappa shape index (κ3) is 2.29. The molecule has 0 aromatic carbocycles. The molecule has 0 fully saturated rings. The Bertz CT molecular complexity index is 232. The summed E-state index contributed by atoms with van der Waals surface area (Å²) in [5.41, 5.74) is 0. The third-order valence-corrected chi connectivity index (χ3v) is 2.49. The van der Waals surface area contributed by atoms with Gasteiger partial charge in [-0.3, -0.25) is 0 Å². The van der Waals surface area contributed by atoms with Crippen molar-refractivity contribution < 1.29 is 9.52 Å². The second-order valence-electron chi connectivity index (χ2n) is 2.78. The van der Waals surface area contributed by atoms with Crippen LogP contribution in [0.5, 0.6) is 0 Å². The van der Waals surface area contributed by atoms with Gasteiger partial charge < -0.3 is 9.52 Å². The molecular weight excluding hydrogens is 172 g/mol. The van der Waals surface area contributed by atoms with Crippen LogP contribution in [0.4, 0.5) is 0 Å². The summed E-state index contributed by atoms with van der Waals surface area (Å²) in [4.78, 5) is 0. The third-order valence-electron chi connectivity index (χ3n) is 1.75. The Balaban J connectivity index is 2.66. The van der Waals surface area contributed by atoms with E-state index in [0.717, 1.165) is 17.3 Å². The van der Waals surface area contributed by atoms with Crippen LogP contribution in [0.15, 0.2) is 16.5 Å². The van der Waals surface area contributed by atoms with E-state index < -0.39 is 0 Å². The lowest BCUT2D eigenvalue weighted by molar-refractivity contribution is 0.258. The Kier molecular flexibility index (Phi) is 3.69. The predicted octanol–water partition coefficient (Wildman–Crippen LogP) is 2.03. The molecule has 1 aromatic heterocycles. The molecule has 1 aromatic rings. The van der Waals surface area contributed by atoms with Crippen molar-refractivity contribution in [3.63, 3.8) is 0 Å². The molecule has 1 atom stereocenters. The average Bonchev–Trinajstić information content (AvgIpc) is 2.47. The van der Waals surface area contributed by atoms with Gasteiger partial charge in [0, 0.05) is 11.7 Å². The van der Waals surface area contributed by atoms with Crippen LogP contribution in [0, 0.1) is 6.92 Å². The molecule has 0 radical (unpaired) electrons. The molecule has 1 rings (SSSR count). The lowest BCUT2D eigenvalue weighted by Crippen LogP contribution is -2.05. The zero-order valence-corrected chi connectivity index (χ0v) is 8.23. The molecule has 2 nitrogen and oxygen atoms in total. The van der Waals surface area contributed by atoms with Crippen LogP contribution in [0.2, 0.25) is 0 Å². The van der Waals surface area contributed by atoms with E-state index in [-0.39, 0.29) is 12.5 Å². The normalized spacial score (nSPS) is 13.2. The van der Waals surface area contributed by atoms with E-state index in [9.17, 15) is 0 Å². The van der Waals surface area contributed by atoms with Crippen molar-refractivity contribution in [1.82, 2.24) is 0 Å². The lowest BCUT2D eigenvalue weighted by atomic mass is 10.1. The number of hydrogen-bond donors (Lipinski definition) is 1. The van der Waals surface area contributed by atoms with E-state index in [0.29, 0.717) is 0 Å². The van der Waals surface area contributed by atoms with Crippen LogP contribution in [-0.2, 0) is 0 Å². The van der Waals surface area contributed by atoms with Gasteiger partial charge in [-0.25, -0.2) is 0 Å². The first-order chi connectivity index (χ1) is 5.77. The van der Waals surface area contributed by atoms with Gasteiger partial charge in [-0.05, 0) is 25.3 Å². The van der Waals surface area contributed by atoms with Crippen molar-refractivity contribution in [2.45, 2.75) is 12.8 Å². The first-order valence-corrected chi connectivity index (χ1v) is 5.33. The van der Waals surface area contributed by atoms with Gasteiger partial charge >= 0.3 is 0 Å². The van der Waals surface area contributed by atoms with Gasteiger partial charge in [-0.15, -0.1) is 0 Å². The number of thioether (sulfide) groups is 1. The van der Waals surface area contributed by atoms with E-state index in [1.807, 2.05) is 25.3 Å². The number of furan rings is 1. The maximum atomic E-state index is 9.05. The minimum absolute atomic E-state index is 0.147. The van der Waals surface area contributed by atoms with Gasteiger partial charge in [-0.1, -0.05) is 0 Å². The minimum Gasteiger partial charge on any atom is -0.466 e. The van der Waals surface area contributed by atoms with Crippen molar-refractivity contribution in [1.29, 1.82) is 0 Å². The topological polar surface area (TPSA) is 33.4 Å².